The summed E-state index contributed by atoms with van der Waals surface area (Å²) in [6, 6.07) is 18.2. The van der Waals surface area contributed by atoms with Gasteiger partial charge in [-0.2, -0.15) is 5.10 Å². The summed E-state index contributed by atoms with van der Waals surface area (Å²) in [5, 5.41) is 25.9. The third-order valence-corrected chi connectivity index (χ3v) is 10.4. The summed E-state index contributed by atoms with van der Waals surface area (Å²) in [6.45, 7) is 2.11. The molecule has 7 rings (SSSR count). The highest BCUT2D eigenvalue weighted by atomic mass is 16.3. The Labute approximate surface area is 274 Å². The largest absolute Gasteiger partial charge is 0.507 e. The number of benzene rings is 2. The minimum absolute atomic E-state index is 0.150. The van der Waals surface area contributed by atoms with Crippen molar-refractivity contribution in [2.45, 2.75) is 75.4 Å². The number of hydrogen-bond donors (Lipinski definition) is 3. The quantitative estimate of drug-likeness (QED) is 0.242. The van der Waals surface area contributed by atoms with Gasteiger partial charge in [0.1, 0.15) is 11.8 Å². The van der Waals surface area contributed by atoms with Crippen molar-refractivity contribution in [2.75, 3.05) is 30.8 Å². The molecule has 0 radical (unpaired) electrons. The van der Waals surface area contributed by atoms with Gasteiger partial charge in [0.15, 0.2) is 5.82 Å². The van der Waals surface area contributed by atoms with Crippen molar-refractivity contribution in [3.05, 3.63) is 72.6 Å². The van der Waals surface area contributed by atoms with Crippen LogP contribution in [-0.4, -0.2) is 74.0 Å². The Morgan fingerprint density at radius 3 is 2.45 bits per heavy atom. The van der Waals surface area contributed by atoms with E-state index >= 15 is 0 Å². The fraction of sp³-hybridized carbons (Fsp3) is 0.417. The molecule has 11 heteroatoms. The van der Waals surface area contributed by atoms with Crippen LogP contribution >= 0.6 is 0 Å². The van der Waals surface area contributed by atoms with E-state index in [1.807, 2.05) is 36.3 Å². The van der Waals surface area contributed by atoms with E-state index in [4.69, 9.17) is 10.8 Å². The Bertz CT molecular complexity index is 1760. The number of phenols is 1. The van der Waals surface area contributed by atoms with Crippen LogP contribution in [0.15, 0.2) is 67.0 Å². The Balaban J connectivity index is 0.935. The van der Waals surface area contributed by atoms with Gasteiger partial charge in [0, 0.05) is 61.2 Å². The number of nitrogens with two attached hydrogens (primary N) is 1. The molecule has 1 atom stereocenters. The molecule has 2 saturated heterocycles. The number of nitrogens with zero attached hydrogens (tertiary/aromatic N) is 6. The third-order valence-electron chi connectivity index (χ3n) is 10.4. The minimum atomic E-state index is -0.316. The molecule has 3 aliphatic rings. The minimum Gasteiger partial charge on any atom is -0.507 e. The SMILES string of the molecule is CN(c1cccc(C2CCC(N3CCC(n4cc(-c5cc(-c6ccccc6O)nnc5N)cn4)CC3)CC2)c1)[C@@H]1CCC(=O)NC1=O. The average Bonchev–Trinajstić information content (AvgIpc) is 3.59. The Morgan fingerprint density at radius 2 is 1.68 bits per heavy atom. The lowest BCUT2D eigenvalue weighted by Gasteiger charge is -2.41. The van der Waals surface area contributed by atoms with Crippen molar-refractivity contribution >= 4 is 23.3 Å². The molecule has 11 nitrogen and oxygen atoms in total. The van der Waals surface area contributed by atoms with Crippen LogP contribution < -0.4 is 16.0 Å². The number of carbonyl (C=O) groups excluding carboxylic acids is 2. The van der Waals surface area contributed by atoms with Gasteiger partial charge in [-0.05, 0) is 86.8 Å². The Hall–Kier alpha value is -4.77. The number of nitrogen functional groups attached to an aromatic ring is 1. The van der Waals surface area contributed by atoms with Gasteiger partial charge in [0.05, 0.1) is 17.9 Å². The molecule has 2 aromatic heterocycles. The van der Waals surface area contributed by atoms with Gasteiger partial charge in [0.25, 0.3) is 0 Å². The van der Waals surface area contributed by atoms with E-state index in [0.29, 0.717) is 47.9 Å². The van der Waals surface area contributed by atoms with Crippen LogP contribution in [0.5, 0.6) is 5.75 Å². The molecular weight excluding hydrogens is 592 g/mol. The summed E-state index contributed by atoms with van der Waals surface area (Å²) in [7, 11) is 1.95. The molecule has 1 saturated carbocycles. The van der Waals surface area contributed by atoms with Gasteiger partial charge < -0.3 is 20.6 Å². The summed E-state index contributed by atoms with van der Waals surface area (Å²) < 4.78 is 2.07. The molecule has 47 heavy (non-hydrogen) atoms. The van der Waals surface area contributed by atoms with Gasteiger partial charge in [-0.25, -0.2) is 0 Å². The number of likely N-dealkylation sites (N-methyl/N-ethyl adjacent to an activating group) is 1. The molecule has 2 aliphatic heterocycles. The summed E-state index contributed by atoms with van der Waals surface area (Å²) >= 11 is 0. The highest BCUT2D eigenvalue weighted by molar-refractivity contribution is 6.01. The zero-order valence-corrected chi connectivity index (χ0v) is 26.8. The van der Waals surface area contributed by atoms with Crippen LogP contribution in [-0.2, 0) is 9.59 Å². The number of likely N-dealkylation sites (tertiary alicyclic amines) is 1. The van der Waals surface area contributed by atoms with Crippen LogP contribution in [0, 0.1) is 0 Å². The van der Waals surface area contributed by atoms with Crippen molar-refractivity contribution in [3.8, 4) is 28.1 Å². The first-order chi connectivity index (χ1) is 22.8. The highest BCUT2D eigenvalue weighted by Crippen LogP contribution is 2.38. The number of para-hydroxylation sites is 1. The number of rotatable bonds is 7. The van der Waals surface area contributed by atoms with Gasteiger partial charge >= 0.3 is 0 Å². The normalized spacial score (nSPS) is 22.6. The number of carbonyl (C=O) groups is 2. The number of amides is 2. The number of nitrogens with one attached hydrogen (secondary N) is 1. The molecule has 4 heterocycles. The number of aromatic hydroxyl groups is 1. The van der Waals surface area contributed by atoms with E-state index in [9.17, 15) is 14.7 Å². The lowest BCUT2D eigenvalue weighted by molar-refractivity contribution is -0.134. The molecule has 2 amide bonds. The summed E-state index contributed by atoms with van der Waals surface area (Å²) in [6.07, 6.45) is 11.6. The van der Waals surface area contributed by atoms with E-state index in [1.54, 1.807) is 12.1 Å². The molecule has 4 N–H and O–H groups in total. The van der Waals surface area contributed by atoms with Crippen molar-refractivity contribution in [1.29, 1.82) is 0 Å². The van der Waals surface area contributed by atoms with Gasteiger partial charge in [-0.1, -0.05) is 24.3 Å². The van der Waals surface area contributed by atoms with Crippen molar-refractivity contribution in [2.24, 2.45) is 0 Å². The van der Waals surface area contributed by atoms with Crippen LogP contribution in [0.3, 0.4) is 0 Å². The van der Waals surface area contributed by atoms with Gasteiger partial charge in [0.2, 0.25) is 11.8 Å². The topological polar surface area (TPSA) is 142 Å². The second-order valence-electron chi connectivity index (χ2n) is 13.2. The molecule has 4 aromatic rings. The van der Waals surface area contributed by atoms with E-state index in [1.165, 1.54) is 18.4 Å². The first-order valence-corrected chi connectivity index (χ1v) is 16.7. The lowest BCUT2D eigenvalue weighted by atomic mass is 9.80. The summed E-state index contributed by atoms with van der Waals surface area (Å²) in [5.74, 6) is 0.611. The van der Waals surface area contributed by atoms with Crippen molar-refractivity contribution < 1.29 is 14.7 Å². The van der Waals surface area contributed by atoms with E-state index in [-0.39, 0.29) is 23.6 Å². The van der Waals surface area contributed by atoms with Gasteiger partial charge in [-0.3, -0.25) is 19.6 Å². The number of imide groups is 1. The zero-order chi connectivity index (χ0) is 32.5. The molecule has 1 aliphatic carbocycles. The maximum Gasteiger partial charge on any atom is 0.249 e. The first kappa shape index (κ1) is 30.9. The number of hydrogen-bond acceptors (Lipinski definition) is 9. The molecule has 244 valence electrons. The highest BCUT2D eigenvalue weighted by Gasteiger charge is 2.32. The van der Waals surface area contributed by atoms with Crippen molar-refractivity contribution in [3.63, 3.8) is 0 Å². The maximum absolute atomic E-state index is 12.4. The molecule has 0 unspecified atom stereocenters. The van der Waals surface area contributed by atoms with Crippen LogP contribution in [0.4, 0.5) is 11.5 Å². The Morgan fingerprint density at radius 1 is 0.894 bits per heavy atom. The van der Waals surface area contributed by atoms with E-state index in [0.717, 1.165) is 55.6 Å². The van der Waals surface area contributed by atoms with E-state index < -0.39 is 0 Å². The monoisotopic (exact) mass is 634 g/mol. The molecule has 3 fully saturated rings. The zero-order valence-electron chi connectivity index (χ0n) is 26.8. The number of anilines is 2. The van der Waals surface area contributed by atoms with Gasteiger partial charge in [-0.15, -0.1) is 10.2 Å². The van der Waals surface area contributed by atoms with E-state index in [2.05, 4.69) is 55.6 Å². The fourth-order valence-corrected chi connectivity index (χ4v) is 7.65. The molecular formula is C36H42N8O3. The standard InChI is InChI=1S/C36H42N8O3/c1-42(32-13-14-34(46)39-36(32)47)28-6-4-5-24(19-28)23-9-11-26(12-10-23)43-17-15-27(16-18-43)44-22-25(21-38-44)30-20-31(40-41-35(30)37)29-7-2-3-8-33(29)45/h2-8,19-23,26-27,32,45H,9-18H2,1H3,(H2,37,41)(H,39,46,47)/t23?,26?,32-/m1/s1. The Kier molecular flexibility index (Phi) is 8.64. The third kappa shape index (κ3) is 6.44. The predicted octanol–water partition coefficient (Wildman–Crippen LogP) is 4.90. The fourth-order valence-electron chi connectivity index (χ4n) is 7.65. The number of aromatic nitrogens is 4. The second-order valence-corrected chi connectivity index (χ2v) is 13.2. The summed E-state index contributed by atoms with van der Waals surface area (Å²) in [4.78, 5) is 28.7. The first-order valence-electron chi connectivity index (χ1n) is 16.7. The molecule has 0 bridgehead atoms. The number of piperidine rings is 2. The summed E-state index contributed by atoms with van der Waals surface area (Å²) in [5.41, 5.74) is 11.4. The molecule has 2 aromatic carbocycles. The lowest BCUT2D eigenvalue weighted by Crippen LogP contribution is -2.51. The number of phenolic OH excluding ortho intramolecular Hbond substituents is 1. The maximum atomic E-state index is 12.4. The van der Waals surface area contributed by atoms with Crippen LogP contribution in [0.2, 0.25) is 0 Å². The predicted molar refractivity (Wildman–Crippen MR) is 181 cm³/mol. The molecule has 0 spiro atoms. The van der Waals surface area contributed by atoms with Crippen LogP contribution in [0.25, 0.3) is 22.4 Å². The smallest absolute Gasteiger partial charge is 0.249 e. The average molecular weight is 635 g/mol. The van der Waals surface area contributed by atoms with Crippen LogP contribution in [0.1, 0.15) is 68.9 Å². The second kappa shape index (κ2) is 13.2. The van der Waals surface area contributed by atoms with Crippen molar-refractivity contribution in [1.82, 2.24) is 30.2 Å².